The van der Waals surface area contributed by atoms with Crippen molar-refractivity contribution in [2.75, 3.05) is 6.54 Å². The van der Waals surface area contributed by atoms with Crippen LogP contribution < -0.4 is 5.32 Å². The van der Waals surface area contributed by atoms with Crippen LogP contribution >= 0.6 is 0 Å². The van der Waals surface area contributed by atoms with Gasteiger partial charge >= 0.3 is 0 Å². The fourth-order valence-electron chi connectivity index (χ4n) is 4.99. The summed E-state index contributed by atoms with van der Waals surface area (Å²) in [6, 6.07) is 3.55. The quantitative estimate of drug-likeness (QED) is 0.484. The fraction of sp³-hybridized carbons (Fsp3) is 0.526. The minimum absolute atomic E-state index is 0.00377. The highest BCUT2D eigenvalue weighted by molar-refractivity contribution is 6.22. The first kappa shape index (κ1) is 17.6. The number of benzene rings is 1. The molecule has 1 aromatic carbocycles. The van der Waals surface area contributed by atoms with E-state index in [4.69, 9.17) is 0 Å². The molecular formula is C19H21N3O5. The summed E-state index contributed by atoms with van der Waals surface area (Å²) < 4.78 is 0. The molecule has 0 spiro atoms. The standard InChI is InChI=1S/C19H21N3O5/c1-10(15-7-11-2-3-12(15)6-11)20-17(23)9-21-18(24)14-5-4-13(22(26)27)8-16(14)19(21)25/h4-5,8,10-12,15H,2-3,6-7,9H2,1H3,(H,20,23). The molecule has 2 saturated carbocycles. The van der Waals surface area contributed by atoms with Gasteiger partial charge in [-0.15, -0.1) is 0 Å². The molecule has 0 aromatic heterocycles. The predicted octanol–water partition coefficient (Wildman–Crippen LogP) is 2.13. The number of carbonyl (C=O) groups is 3. The lowest BCUT2D eigenvalue weighted by molar-refractivity contribution is -0.384. The molecule has 3 aliphatic rings. The van der Waals surface area contributed by atoms with Crippen molar-refractivity contribution in [1.29, 1.82) is 0 Å². The number of amides is 3. The average Bonchev–Trinajstić information content (AvgIpc) is 3.32. The summed E-state index contributed by atoms with van der Waals surface area (Å²) in [5, 5.41) is 13.8. The first-order valence-corrected chi connectivity index (χ1v) is 9.29. The van der Waals surface area contributed by atoms with E-state index >= 15 is 0 Å². The number of fused-ring (bicyclic) bond motifs is 3. The van der Waals surface area contributed by atoms with Crippen molar-refractivity contribution in [3.05, 3.63) is 39.4 Å². The van der Waals surface area contributed by atoms with Gasteiger partial charge in [-0.1, -0.05) is 6.42 Å². The number of nitrogens with one attached hydrogen (secondary N) is 1. The zero-order valence-corrected chi connectivity index (χ0v) is 15.0. The van der Waals surface area contributed by atoms with Gasteiger partial charge in [0.05, 0.1) is 16.1 Å². The second-order valence-corrected chi connectivity index (χ2v) is 7.88. The largest absolute Gasteiger partial charge is 0.352 e. The van der Waals surface area contributed by atoms with E-state index in [0.29, 0.717) is 11.8 Å². The third kappa shape index (κ3) is 2.98. The van der Waals surface area contributed by atoms with Crippen molar-refractivity contribution in [1.82, 2.24) is 10.2 Å². The monoisotopic (exact) mass is 371 g/mol. The van der Waals surface area contributed by atoms with Crippen LogP contribution in [0.15, 0.2) is 18.2 Å². The Morgan fingerprint density at radius 2 is 2.00 bits per heavy atom. The van der Waals surface area contributed by atoms with Gasteiger partial charge in [0.25, 0.3) is 17.5 Å². The van der Waals surface area contributed by atoms with Crippen LogP contribution in [-0.2, 0) is 4.79 Å². The Bertz CT molecular complexity index is 852. The van der Waals surface area contributed by atoms with E-state index in [1.807, 2.05) is 6.92 Å². The Balaban J connectivity index is 1.42. The van der Waals surface area contributed by atoms with Crippen molar-refractivity contribution in [3.8, 4) is 0 Å². The number of nitro groups is 1. The summed E-state index contributed by atoms with van der Waals surface area (Å²) in [6.45, 7) is 1.61. The lowest BCUT2D eigenvalue weighted by Gasteiger charge is -2.29. The van der Waals surface area contributed by atoms with Gasteiger partial charge in [-0.05, 0) is 50.0 Å². The summed E-state index contributed by atoms with van der Waals surface area (Å²) in [7, 11) is 0. The molecule has 1 aromatic rings. The number of hydrogen-bond donors (Lipinski definition) is 1. The molecule has 4 unspecified atom stereocenters. The lowest BCUT2D eigenvalue weighted by atomic mass is 9.84. The van der Waals surface area contributed by atoms with Gasteiger partial charge in [-0.2, -0.15) is 0 Å². The van der Waals surface area contributed by atoms with E-state index < -0.39 is 16.7 Å². The number of carbonyl (C=O) groups excluding carboxylic acids is 3. The Kier molecular flexibility index (Phi) is 4.20. The number of non-ortho nitro benzene ring substituents is 1. The molecule has 0 radical (unpaired) electrons. The van der Waals surface area contributed by atoms with Crippen LogP contribution in [0.3, 0.4) is 0 Å². The molecule has 2 aliphatic carbocycles. The van der Waals surface area contributed by atoms with Crippen LogP contribution in [0, 0.1) is 27.9 Å². The van der Waals surface area contributed by atoms with Crippen LogP contribution in [0.1, 0.15) is 53.3 Å². The maximum Gasteiger partial charge on any atom is 0.270 e. The molecule has 2 fully saturated rings. The second-order valence-electron chi connectivity index (χ2n) is 7.88. The van der Waals surface area contributed by atoms with Crippen molar-refractivity contribution < 1.29 is 19.3 Å². The van der Waals surface area contributed by atoms with Crippen molar-refractivity contribution in [2.45, 2.75) is 38.6 Å². The predicted molar refractivity (Wildman–Crippen MR) is 95.0 cm³/mol. The number of imide groups is 1. The molecule has 8 nitrogen and oxygen atoms in total. The summed E-state index contributed by atoms with van der Waals surface area (Å²) in [6.07, 6.45) is 4.86. The molecular weight excluding hydrogens is 350 g/mol. The molecule has 27 heavy (non-hydrogen) atoms. The Labute approximate surface area is 156 Å². The minimum Gasteiger partial charge on any atom is -0.352 e. The highest BCUT2D eigenvalue weighted by Gasteiger charge is 2.43. The Morgan fingerprint density at radius 1 is 1.26 bits per heavy atom. The number of hydrogen-bond acceptors (Lipinski definition) is 5. The van der Waals surface area contributed by atoms with Gasteiger partial charge in [0.2, 0.25) is 5.91 Å². The van der Waals surface area contributed by atoms with E-state index in [1.165, 1.54) is 31.4 Å². The van der Waals surface area contributed by atoms with Crippen LogP contribution in [0.5, 0.6) is 0 Å². The van der Waals surface area contributed by atoms with Gasteiger partial charge in [-0.3, -0.25) is 29.4 Å². The first-order valence-electron chi connectivity index (χ1n) is 9.29. The highest BCUT2D eigenvalue weighted by Crippen LogP contribution is 2.49. The minimum atomic E-state index is -0.665. The zero-order valence-electron chi connectivity index (χ0n) is 15.0. The maximum atomic E-state index is 12.5. The molecule has 3 amide bonds. The number of nitro benzene ring substituents is 1. The van der Waals surface area contributed by atoms with Gasteiger partial charge in [-0.25, -0.2) is 0 Å². The summed E-state index contributed by atoms with van der Waals surface area (Å²) >= 11 is 0. The van der Waals surface area contributed by atoms with E-state index in [1.54, 1.807) is 0 Å². The summed E-state index contributed by atoms with van der Waals surface area (Å²) in [5.74, 6) is 0.248. The van der Waals surface area contributed by atoms with Gasteiger partial charge in [0.15, 0.2) is 0 Å². The molecule has 1 heterocycles. The third-order valence-corrected chi connectivity index (χ3v) is 6.29. The summed E-state index contributed by atoms with van der Waals surface area (Å²) in [5.41, 5.74) is -0.186. The number of nitrogens with zero attached hydrogens (tertiary/aromatic N) is 2. The molecule has 2 bridgehead atoms. The molecule has 4 rings (SSSR count). The van der Waals surface area contributed by atoms with E-state index in [0.717, 1.165) is 23.3 Å². The van der Waals surface area contributed by atoms with Crippen molar-refractivity contribution in [3.63, 3.8) is 0 Å². The van der Waals surface area contributed by atoms with Crippen LogP contribution in [0.4, 0.5) is 5.69 Å². The normalized spacial score (nSPS) is 27.0. The van der Waals surface area contributed by atoms with E-state index in [-0.39, 0.29) is 35.3 Å². The van der Waals surface area contributed by atoms with Crippen LogP contribution in [0.2, 0.25) is 0 Å². The number of rotatable bonds is 5. The Morgan fingerprint density at radius 3 is 2.63 bits per heavy atom. The second kappa shape index (κ2) is 6.44. The SMILES string of the molecule is CC(NC(=O)CN1C(=O)c2ccc([N+](=O)[O-])cc2C1=O)C1CC2CCC1C2. The topological polar surface area (TPSA) is 110 Å². The van der Waals surface area contributed by atoms with Gasteiger partial charge in [0, 0.05) is 18.2 Å². The molecule has 1 aliphatic heterocycles. The van der Waals surface area contributed by atoms with E-state index in [9.17, 15) is 24.5 Å². The fourth-order valence-corrected chi connectivity index (χ4v) is 4.99. The molecule has 4 atom stereocenters. The zero-order chi connectivity index (χ0) is 19.3. The molecule has 0 saturated heterocycles. The molecule has 142 valence electrons. The van der Waals surface area contributed by atoms with E-state index in [2.05, 4.69) is 5.32 Å². The van der Waals surface area contributed by atoms with Gasteiger partial charge < -0.3 is 5.32 Å². The Hall–Kier alpha value is -2.77. The molecule has 1 N–H and O–H groups in total. The first-order chi connectivity index (χ1) is 12.8. The van der Waals surface area contributed by atoms with Crippen LogP contribution in [-0.4, -0.2) is 40.1 Å². The van der Waals surface area contributed by atoms with Crippen molar-refractivity contribution >= 4 is 23.4 Å². The third-order valence-electron chi connectivity index (χ3n) is 6.29. The smallest absolute Gasteiger partial charge is 0.270 e. The molecule has 8 heteroatoms. The maximum absolute atomic E-state index is 12.5. The summed E-state index contributed by atoms with van der Waals surface area (Å²) in [4.78, 5) is 48.4. The highest BCUT2D eigenvalue weighted by atomic mass is 16.6. The lowest BCUT2D eigenvalue weighted by Crippen LogP contribution is -2.46. The van der Waals surface area contributed by atoms with Gasteiger partial charge in [0.1, 0.15) is 6.54 Å². The van der Waals surface area contributed by atoms with Crippen LogP contribution in [0.25, 0.3) is 0 Å². The van der Waals surface area contributed by atoms with Crippen molar-refractivity contribution in [2.24, 2.45) is 17.8 Å². The average molecular weight is 371 g/mol.